The predicted molar refractivity (Wildman–Crippen MR) is 78.7 cm³/mol. The molecule has 1 aromatic rings. The van der Waals surface area contributed by atoms with Crippen LogP contribution in [-0.2, 0) is 18.4 Å². The summed E-state index contributed by atoms with van der Waals surface area (Å²) in [7, 11) is 3.48. The summed E-state index contributed by atoms with van der Waals surface area (Å²) < 4.78 is 1.67. The number of rotatable bonds is 5. The molecule has 0 aliphatic rings. The normalized spacial score (nSPS) is 12.8. The van der Waals surface area contributed by atoms with Gasteiger partial charge in [0, 0.05) is 31.9 Å². The van der Waals surface area contributed by atoms with E-state index in [2.05, 4.69) is 10.4 Å². The highest BCUT2D eigenvalue weighted by molar-refractivity contribution is 5.75. The Morgan fingerprint density at radius 2 is 2.10 bits per heavy atom. The second-order valence-electron chi connectivity index (χ2n) is 6.34. The molecule has 1 heterocycles. The van der Waals surface area contributed by atoms with E-state index in [1.165, 1.54) is 4.90 Å². The molecule has 7 heteroatoms. The maximum atomic E-state index is 12.2. The second kappa shape index (κ2) is 6.60. The Balaban J connectivity index is 2.65. The fourth-order valence-corrected chi connectivity index (χ4v) is 1.91. The number of carboxylic acid groups (broad SMARTS) is 1. The van der Waals surface area contributed by atoms with Crippen molar-refractivity contribution >= 4 is 12.0 Å². The van der Waals surface area contributed by atoms with E-state index >= 15 is 0 Å². The fraction of sp³-hybridized carbons (Fsp3) is 0.643. The molecule has 118 valence electrons. The standard InChI is InChI=1S/C14H24N4O3/c1-14(2,3)11(6-12(19)20)16-13(21)17(4)8-10-7-15-18(5)9-10/h7,9,11H,6,8H2,1-5H3,(H,16,21)(H,19,20). The zero-order valence-corrected chi connectivity index (χ0v) is 13.3. The Bertz CT molecular complexity index is 505. The number of carbonyl (C=O) groups is 2. The molecule has 0 aliphatic carbocycles. The zero-order valence-electron chi connectivity index (χ0n) is 13.3. The number of carbonyl (C=O) groups excluding carboxylic acids is 1. The number of aromatic nitrogens is 2. The summed E-state index contributed by atoms with van der Waals surface area (Å²) in [6.07, 6.45) is 3.43. The molecular weight excluding hydrogens is 272 g/mol. The SMILES string of the molecule is CN(Cc1cnn(C)c1)C(=O)NC(CC(=O)O)C(C)(C)C. The van der Waals surface area contributed by atoms with Gasteiger partial charge in [0.25, 0.3) is 0 Å². The number of carboxylic acids is 1. The van der Waals surface area contributed by atoms with Crippen molar-refractivity contribution in [3.63, 3.8) is 0 Å². The van der Waals surface area contributed by atoms with Gasteiger partial charge in [-0.05, 0) is 5.41 Å². The number of hydrogen-bond acceptors (Lipinski definition) is 3. The van der Waals surface area contributed by atoms with Crippen LogP contribution in [0.15, 0.2) is 12.4 Å². The first kappa shape index (κ1) is 17.0. The number of urea groups is 1. The summed E-state index contributed by atoms with van der Waals surface area (Å²) in [5.41, 5.74) is 0.587. The Morgan fingerprint density at radius 3 is 2.52 bits per heavy atom. The molecule has 21 heavy (non-hydrogen) atoms. The molecule has 0 aliphatic heterocycles. The third-order valence-electron chi connectivity index (χ3n) is 3.25. The van der Waals surface area contributed by atoms with Crippen molar-refractivity contribution in [1.82, 2.24) is 20.0 Å². The largest absolute Gasteiger partial charge is 0.481 e. The molecule has 0 bridgehead atoms. The highest BCUT2D eigenvalue weighted by Crippen LogP contribution is 2.22. The summed E-state index contributed by atoms with van der Waals surface area (Å²) in [5.74, 6) is -0.926. The number of amides is 2. The molecule has 1 unspecified atom stereocenters. The number of nitrogens with one attached hydrogen (secondary N) is 1. The number of aryl methyl sites for hydroxylation is 1. The van der Waals surface area contributed by atoms with Crippen LogP contribution in [0, 0.1) is 5.41 Å². The second-order valence-corrected chi connectivity index (χ2v) is 6.34. The predicted octanol–water partition coefficient (Wildman–Crippen LogP) is 1.45. The third kappa shape index (κ3) is 5.45. The summed E-state index contributed by atoms with van der Waals surface area (Å²) in [5, 5.41) is 15.8. The average Bonchev–Trinajstić information content (AvgIpc) is 2.72. The quantitative estimate of drug-likeness (QED) is 0.861. The van der Waals surface area contributed by atoms with Gasteiger partial charge in [0.05, 0.1) is 19.2 Å². The first-order valence-electron chi connectivity index (χ1n) is 6.80. The van der Waals surface area contributed by atoms with Gasteiger partial charge >= 0.3 is 12.0 Å². The molecule has 0 saturated heterocycles. The molecule has 1 atom stereocenters. The zero-order chi connectivity index (χ0) is 16.2. The van der Waals surface area contributed by atoms with E-state index in [1.54, 1.807) is 17.9 Å². The number of aliphatic carboxylic acids is 1. The Labute approximate surface area is 124 Å². The van der Waals surface area contributed by atoms with E-state index in [9.17, 15) is 9.59 Å². The average molecular weight is 296 g/mol. The van der Waals surface area contributed by atoms with Crippen LogP contribution in [0.2, 0.25) is 0 Å². The van der Waals surface area contributed by atoms with E-state index in [0.717, 1.165) is 5.56 Å². The summed E-state index contributed by atoms with van der Waals surface area (Å²) in [6.45, 7) is 6.13. The van der Waals surface area contributed by atoms with Crippen molar-refractivity contribution in [1.29, 1.82) is 0 Å². The first-order valence-corrected chi connectivity index (χ1v) is 6.80. The molecule has 0 fully saturated rings. The number of hydrogen-bond donors (Lipinski definition) is 2. The smallest absolute Gasteiger partial charge is 0.317 e. The van der Waals surface area contributed by atoms with Gasteiger partial charge in [-0.3, -0.25) is 9.48 Å². The van der Waals surface area contributed by atoms with Crippen LogP contribution in [0.3, 0.4) is 0 Å². The van der Waals surface area contributed by atoms with Crippen LogP contribution in [0.5, 0.6) is 0 Å². The molecule has 0 saturated carbocycles. The van der Waals surface area contributed by atoms with E-state index in [-0.39, 0.29) is 17.9 Å². The van der Waals surface area contributed by atoms with Gasteiger partial charge in [-0.15, -0.1) is 0 Å². The highest BCUT2D eigenvalue weighted by atomic mass is 16.4. The molecule has 0 radical (unpaired) electrons. The van der Waals surface area contributed by atoms with Crippen molar-refractivity contribution in [2.45, 2.75) is 39.8 Å². The van der Waals surface area contributed by atoms with Crippen molar-refractivity contribution in [3.8, 4) is 0 Å². The fourth-order valence-electron chi connectivity index (χ4n) is 1.91. The molecule has 0 spiro atoms. The van der Waals surface area contributed by atoms with Crippen LogP contribution in [0.4, 0.5) is 4.79 Å². The molecule has 1 rings (SSSR count). The van der Waals surface area contributed by atoms with Crippen LogP contribution in [0.25, 0.3) is 0 Å². The van der Waals surface area contributed by atoms with Gasteiger partial charge in [0.2, 0.25) is 0 Å². The van der Waals surface area contributed by atoms with Gasteiger partial charge in [0.1, 0.15) is 0 Å². The lowest BCUT2D eigenvalue weighted by Gasteiger charge is -2.32. The van der Waals surface area contributed by atoms with Gasteiger partial charge in [-0.2, -0.15) is 5.10 Å². The van der Waals surface area contributed by atoms with Crippen LogP contribution < -0.4 is 5.32 Å². The van der Waals surface area contributed by atoms with Gasteiger partial charge < -0.3 is 15.3 Å². The van der Waals surface area contributed by atoms with E-state index in [1.807, 2.05) is 34.0 Å². The molecule has 2 amide bonds. The van der Waals surface area contributed by atoms with Crippen molar-refractivity contribution in [3.05, 3.63) is 18.0 Å². The van der Waals surface area contributed by atoms with Gasteiger partial charge in [-0.1, -0.05) is 20.8 Å². The van der Waals surface area contributed by atoms with E-state index in [0.29, 0.717) is 6.54 Å². The maximum absolute atomic E-state index is 12.2. The Kier molecular flexibility index (Phi) is 5.34. The van der Waals surface area contributed by atoms with Crippen molar-refractivity contribution in [2.75, 3.05) is 7.05 Å². The van der Waals surface area contributed by atoms with E-state index in [4.69, 9.17) is 5.11 Å². The van der Waals surface area contributed by atoms with Gasteiger partial charge in [-0.25, -0.2) is 4.79 Å². The molecule has 7 nitrogen and oxygen atoms in total. The third-order valence-corrected chi connectivity index (χ3v) is 3.25. The molecule has 2 N–H and O–H groups in total. The van der Waals surface area contributed by atoms with Gasteiger partial charge in [0.15, 0.2) is 0 Å². The lowest BCUT2D eigenvalue weighted by atomic mass is 9.85. The first-order chi connectivity index (χ1) is 9.59. The summed E-state index contributed by atoms with van der Waals surface area (Å²) in [4.78, 5) is 24.6. The lowest BCUT2D eigenvalue weighted by molar-refractivity contribution is -0.138. The highest BCUT2D eigenvalue weighted by Gasteiger charge is 2.29. The summed E-state index contributed by atoms with van der Waals surface area (Å²) in [6, 6.07) is -0.723. The van der Waals surface area contributed by atoms with Crippen molar-refractivity contribution < 1.29 is 14.7 Å². The minimum absolute atomic E-state index is 0.101. The Morgan fingerprint density at radius 1 is 1.48 bits per heavy atom. The maximum Gasteiger partial charge on any atom is 0.317 e. The van der Waals surface area contributed by atoms with E-state index < -0.39 is 12.0 Å². The van der Waals surface area contributed by atoms with Crippen molar-refractivity contribution in [2.24, 2.45) is 12.5 Å². The monoisotopic (exact) mass is 296 g/mol. The Hall–Kier alpha value is -2.05. The summed E-state index contributed by atoms with van der Waals surface area (Å²) >= 11 is 0. The topological polar surface area (TPSA) is 87.5 Å². The minimum Gasteiger partial charge on any atom is -0.481 e. The van der Waals surface area contributed by atoms with Crippen LogP contribution in [0.1, 0.15) is 32.8 Å². The van der Waals surface area contributed by atoms with Crippen LogP contribution in [-0.4, -0.2) is 44.9 Å². The van der Waals surface area contributed by atoms with Crippen LogP contribution >= 0.6 is 0 Å². The molecule has 0 aromatic carbocycles. The molecular formula is C14H24N4O3. The lowest BCUT2D eigenvalue weighted by Crippen LogP contribution is -2.49. The number of nitrogens with zero attached hydrogens (tertiary/aromatic N) is 3. The molecule has 1 aromatic heterocycles. The minimum atomic E-state index is -0.926.